The van der Waals surface area contributed by atoms with E-state index in [1.54, 1.807) is 21.1 Å². The lowest BCUT2D eigenvalue weighted by Crippen LogP contribution is -2.57. The van der Waals surface area contributed by atoms with E-state index in [4.69, 9.17) is 14.2 Å². The number of nitrogens with zero attached hydrogens (tertiary/aromatic N) is 1. The number of rotatable bonds is 9. The van der Waals surface area contributed by atoms with E-state index in [-0.39, 0.29) is 6.04 Å². The van der Waals surface area contributed by atoms with Gasteiger partial charge in [0.05, 0.1) is 20.3 Å². The third kappa shape index (κ3) is 5.70. The molecular weight excluding hydrogens is 516 g/mol. The molecule has 1 aliphatic heterocycles. The van der Waals surface area contributed by atoms with Crippen LogP contribution in [0, 0.1) is 0 Å². The third-order valence-electron chi connectivity index (χ3n) is 7.58. The maximum atomic E-state index is 12.1. The molecular formula is C34H34N2O5. The van der Waals surface area contributed by atoms with Gasteiger partial charge in [-0.3, -0.25) is 0 Å². The Morgan fingerprint density at radius 1 is 0.854 bits per heavy atom. The van der Waals surface area contributed by atoms with Crippen molar-refractivity contribution in [1.29, 1.82) is 0 Å². The number of methoxy groups -OCH3 is 2. The average molecular weight is 551 g/mol. The van der Waals surface area contributed by atoms with Crippen LogP contribution in [0.4, 0.5) is 16.2 Å². The smallest absolute Gasteiger partial charge is 0.497 e. The third-order valence-corrected chi connectivity index (χ3v) is 7.58. The van der Waals surface area contributed by atoms with E-state index in [0.29, 0.717) is 12.2 Å². The molecule has 210 valence electrons. The average Bonchev–Trinajstić information content (AvgIpc) is 3.01. The normalized spacial score (nSPS) is 19.0. The molecule has 1 heterocycles. The predicted molar refractivity (Wildman–Crippen MR) is 161 cm³/mol. The van der Waals surface area contributed by atoms with Crippen LogP contribution in [0.3, 0.4) is 0 Å². The number of ether oxygens (including phenoxy) is 3. The summed E-state index contributed by atoms with van der Waals surface area (Å²) >= 11 is 0. The second kappa shape index (κ2) is 12.1. The molecule has 0 spiro atoms. The second-order valence-electron chi connectivity index (χ2n) is 9.94. The molecule has 41 heavy (non-hydrogen) atoms. The lowest BCUT2D eigenvalue weighted by atomic mass is 9.76. The van der Waals surface area contributed by atoms with Crippen LogP contribution < -0.4 is 19.7 Å². The molecule has 4 aromatic carbocycles. The van der Waals surface area contributed by atoms with E-state index in [2.05, 4.69) is 28.4 Å². The topological polar surface area (TPSA) is 80.3 Å². The molecule has 2 N–H and O–H groups in total. The van der Waals surface area contributed by atoms with Gasteiger partial charge in [0, 0.05) is 23.5 Å². The van der Waals surface area contributed by atoms with Crippen molar-refractivity contribution in [1.82, 2.24) is 0 Å². The van der Waals surface area contributed by atoms with Gasteiger partial charge in [0.25, 0.3) is 0 Å². The molecule has 7 heteroatoms. The van der Waals surface area contributed by atoms with E-state index >= 15 is 0 Å². The van der Waals surface area contributed by atoms with Gasteiger partial charge in [-0.1, -0.05) is 60.7 Å². The Morgan fingerprint density at radius 2 is 1.41 bits per heavy atom. The van der Waals surface area contributed by atoms with Crippen molar-refractivity contribution < 1.29 is 24.1 Å². The number of carboxylic acid groups (broad SMARTS) is 1. The van der Waals surface area contributed by atoms with Gasteiger partial charge in [-0.25, -0.2) is 4.79 Å². The zero-order valence-electron chi connectivity index (χ0n) is 23.4. The highest BCUT2D eigenvalue weighted by Crippen LogP contribution is 2.50. The molecule has 0 aromatic heterocycles. The number of hydrogen-bond acceptors (Lipinski definition) is 6. The Kier molecular flexibility index (Phi) is 8.15. The summed E-state index contributed by atoms with van der Waals surface area (Å²) in [6.45, 7) is 1.81. The van der Waals surface area contributed by atoms with Crippen molar-refractivity contribution in [3.8, 4) is 11.5 Å². The summed E-state index contributed by atoms with van der Waals surface area (Å²) in [7, 11) is 3.27. The fourth-order valence-electron chi connectivity index (χ4n) is 5.69. The number of nitrogens with one attached hydrogen (secondary N) is 1. The van der Waals surface area contributed by atoms with Gasteiger partial charge in [-0.05, 0) is 72.7 Å². The van der Waals surface area contributed by atoms with E-state index < -0.39 is 17.8 Å². The highest BCUT2D eigenvalue weighted by atomic mass is 16.7. The van der Waals surface area contributed by atoms with E-state index in [9.17, 15) is 9.90 Å². The van der Waals surface area contributed by atoms with Crippen molar-refractivity contribution in [2.24, 2.45) is 0 Å². The molecule has 0 aliphatic carbocycles. The second-order valence-corrected chi connectivity index (χ2v) is 9.94. The lowest BCUT2D eigenvalue weighted by molar-refractivity contribution is 0.0278. The Bertz CT molecular complexity index is 1470. The molecule has 0 saturated heterocycles. The minimum atomic E-state index is -1.34. The maximum Gasteiger partial charge on any atom is 0.506 e. The Labute approximate surface area is 240 Å². The van der Waals surface area contributed by atoms with Crippen LogP contribution in [0.2, 0.25) is 0 Å². The number of hydrogen-bond donors (Lipinski definition) is 2. The Hall–Kier alpha value is -4.91. The molecule has 5 rings (SSSR count). The minimum absolute atomic E-state index is 0.193. The SMILES string of the molecule is COc1ccc(C2CC(Nc3ccccc3)=CC(c3ccc(OC)cc3)(C(C)OC(=O)O)N2c2ccccc2)cc1. The summed E-state index contributed by atoms with van der Waals surface area (Å²) in [6.07, 6.45) is 0.606. The van der Waals surface area contributed by atoms with Crippen LogP contribution in [0.5, 0.6) is 11.5 Å². The van der Waals surface area contributed by atoms with Gasteiger partial charge in [-0.2, -0.15) is 0 Å². The monoisotopic (exact) mass is 550 g/mol. The maximum absolute atomic E-state index is 12.1. The quantitative estimate of drug-likeness (QED) is 0.207. The number of carbonyl (C=O) groups is 1. The van der Waals surface area contributed by atoms with Crippen LogP contribution in [-0.4, -0.2) is 31.6 Å². The molecule has 7 nitrogen and oxygen atoms in total. The van der Waals surface area contributed by atoms with E-state index in [1.165, 1.54) is 0 Å². The molecule has 4 aromatic rings. The molecule has 3 atom stereocenters. The fraction of sp³-hybridized carbons (Fsp3) is 0.206. The lowest BCUT2D eigenvalue weighted by Gasteiger charge is -2.53. The minimum Gasteiger partial charge on any atom is -0.497 e. The molecule has 0 amide bonds. The van der Waals surface area contributed by atoms with Crippen molar-refractivity contribution in [3.63, 3.8) is 0 Å². The Morgan fingerprint density at radius 3 is 1.98 bits per heavy atom. The van der Waals surface area contributed by atoms with E-state index in [1.807, 2.05) is 97.1 Å². The molecule has 1 aliphatic rings. The van der Waals surface area contributed by atoms with Crippen LogP contribution >= 0.6 is 0 Å². The van der Waals surface area contributed by atoms with Crippen LogP contribution in [0.15, 0.2) is 121 Å². The summed E-state index contributed by atoms with van der Waals surface area (Å²) in [5, 5.41) is 13.5. The fourth-order valence-corrected chi connectivity index (χ4v) is 5.69. The molecule has 0 radical (unpaired) electrons. The standard InChI is InChI=1S/C34H34N2O5/c1-24(41-33(37)38)34(26-16-20-31(40-3)21-17-26)23-28(35-27-10-6-4-7-11-27)22-32(25-14-18-30(39-2)19-15-25)36(34)29-12-8-5-9-13-29/h4-21,23-24,32,35H,22H2,1-3H3,(H,37,38). The van der Waals surface area contributed by atoms with Crippen molar-refractivity contribution in [3.05, 3.63) is 132 Å². The zero-order valence-corrected chi connectivity index (χ0v) is 23.4. The first-order valence-electron chi connectivity index (χ1n) is 13.5. The van der Waals surface area contributed by atoms with Crippen molar-refractivity contribution in [2.75, 3.05) is 24.4 Å². The molecule has 0 fully saturated rings. The van der Waals surface area contributed by atoms with Gasteiger partial charge in [0.1, 0.15) is 23.1 Å². The molecule has 3 unspecified atom stereocenters. The molecule has 0 saturated carbocycles. The number of para-hydroxylation sites is 2. The summed E-state index contributed by atoms with van der Waals surface area (Å²) in [5.74, 6) is 1.47. The first-order chi connectivity index (χ1) is 19.9. The summed E-state index contributed by atoms with van der Waals surface area (Å²) in [4.78, 5) is 14.3. The highest BCUT2D eigenvalue weighted by molar-refractivity contribution is 5.63. The predicted octanol–water partition coefficient (Wildman–Crippen LogP) is 7.63. The van der Waals surface area contributed by atoms with Gasteiger partial charge >= 0.3 is 6.16 Å². The summed E-state index contributed by atoms with van der Waals surface area (Å²) < 4.78 is 16.5. The summed E-state index contributed by atoms with van der Waals surface area (Å²) in [5.41, 5.74) is 3.69. The number of benzene rings is 4. The van der Waals surface area contributed by atoms with Crippen molar-refractivity contribution >= 4 is 17.5 Å². The zero-order chi connectivity index (χ0) is 28.8. The van der Waals surface area contributed by atoms with Crippen LogP contribution in [0.1, 0.15) is 30.5 Å². The number of anilines is 2. The van der Waals surface area contributed by atoms with Gasteiger partial charge in [0.2, 0.25) is 0 Å². The van der Waals surface area contributed by atoms with Crippen LogP contribution in [0.25, 0.3) is 0 Å². The largest absolute Gasteiger partial charge is 0.506 e. The highest BCUT2D eigenvalue weighted by Gasteiger charge is 2.50. The van der Waals surface area contributed by atoms with Gasteiger partial charge < -0.3 is 29.5 Å². The summed E-state index contributed by atoms with van der Waals surface area (Å²) in [6, 6.07) is 35.6. The Balaban J connectivity index is 1.79. The van der Waals surface area contributed by atoms with E-state index in [0.717, 1.165) is 33.9 Å². The van der Waals surface area contributed by atoms with Gasteiger partial charge in [0.15, 0.2) is 0 Å². The first-order valence-corrected chi connectivity index (χ1v) is 13.5. The van der Waals surface area contributed by atoms with Crippen molar-refractivity contribution in [2.45, 2.75) is 31.0 Å². The molecule has 0 bridgehead atoms. The van der Waals surface area contributed by atoms with Gasteiger partial charge in [-0.15, -0.1) is 0 Å². The van der Waals surface area contributed by atoms with Crippen LogP contribution in [-0.2, 0) is 10.3 Å². The first kappa shape index (κ1) is 27.6.